The Kier molecular flexibility index (Phi) is 5.30. The Bertz CT molecular complexity index is 1020. The van der Waals surface area contributed by atoms with Gasteiger partial charge in [0.15, 0.2) is 0 Å². The number of carbonyl (C=O) groups is 1. The van der Waals surface area contributed by atoms with Crippen LogP contribution in [0.1, 0.15) is 30.1 Å². The van der Waals surface area contributed by atoms with E-state index in [1.165, 1.54) is 0 Å². The molecule has 1 fully saturated rings. The Morgan fingerprint density at radius 2 is 1.75 bits per heavy atom. The minimum absolute atomic E-state index is 0.0778. The van der Waals surface area contributed by atoms with E-state index in [4.69, 9.17) is 11.6 Å². The van der Waals surface area contributed by atoms with E-state index < -0.39 is 0 Å². The number of benzene rings is 2. The average molecular weight is 397 g/mol. The van der Waals surface area contributed by atoms with Crippen LogP contribution < -0.4 is 5.69 Å². The number of hydrogen-bond acceptors (Lipinski definition) is 3. The number of amides is 1. The number of nitrogens with one attached hydrogen (secondary N) is 1. The second-order valence-electron chi connectivity index (χ2n) is 6.98. The molecule has 1 aromatic heterocycles. The maximum absolute atomic E-state index is 12.6. The Hall–Kier alpha value is -2.86. The minimum atomic E-state index is -0.238. The number of piperidine rings is 1. The molecule has 1 aliphatic heterocycles. The van der Waals surface area contributed by atoms with Crippen molar-refractivity contribution in [1.29, 1.82) is 0 Å². The normalized spacial score (nSPS) is 15.0. The standard InChI is InChI=1S/C21H21ClN4O2/c22-18-9-5-4-6-16(18)14-19(27)25-12-10-15(11-13-25)20-23-24-21(28)26(20)17-7-2-1-3-8-17/h1-9,15H,10-14H2,(H,24,28). The molecule has 144 valence electrons. The van der Waals surface area contributed by atoms with Crippen molar-refractivity contribution in [3.05, 3.63) is 81.5 Å². The molecule has 2 aromatic carbocycles. The third-order valence-electron chi connectivity index (χ3n) is 5.23. The highest BCUT2D eigenvalue weighted by atomic mass is 35.5. The molecular formula is C21H21ClN4O2. The molecule has 0 spiro atoms. The highest BCUT2D eigenvalue weighted by Gasteiger charge is 2.28. The molecule has 0 unspecified atom stereocenters. The summed E-state index contributed by atoms with van der Waals surface area (Å²) in [5.41, 5.74) is 1.41. The van der Waals surface area contributed by atoms with Gasteiger partial charge in [-0.15, -0.1) is 0 Å². The molecule has 6 nitrogen and oxygen atoms in total. The van der Waals surface area contributed by atoms with Gasteiger partial charge in [-0.1, -0.05) is 48.0 Å². The first-order valence-electron chi connectivity index (χ1n) is 9.37. The highest BCUT2D eigenvalue weighted by Crippen LogP contribution is 2.28. The third kappa shape index (κ3) is 3.73. The van der Waals surface area contributed by atoms with Crippen LogP contribution in [0.3, 0.4) is 0 Å². The van der Waals surface area contributed by atoms with Crippen LogP contribution in [-0.4, -0.2) is 38.7 Å². The smallest absolute Gasteiger partial charge is 0.342 e. The van der Waals surface area contributed by atoms with Crippen LogP contribution in [0.4, 0.5) is 0 Å². The largest absolute Gasteiger partial charge is 0.347 e. The zero-order valence-electron chi connectivity index (χ0n) is 15.3. The summed E-state index contributed by atoms with van der Waals surface area (Å²) in [6.45, 7) is 1.29. The highest BCUT2D eigenvalue weighted by molar-refractivity contribution is 6.31. The number of halogens is 1. The quantitative estimate of drug-likeness (QED) is 0.736. The predicted octanol–water partition coefficient (Wildman–Crippen LogP) is 3.16. The van der Waals surface area contributed by atoms with Gasteiger partial charge in [-0.2, -0.15) is 5.10 Å². The fourth-order valence-electron chi connectivity index (χ4n) is 3.71. The summed E-state index contributed by atoms with van der Waals surface area (Å²) in [4.78, 5) is 26.8. The molecule has 0 atom stereocenters. The molecule has 1 amide bonds. The zero-order chi connectivity index (χ0) is 19.5. The monoisotopic (exact) mass is 396 g/mol. The summed E-state index contributed by atoms with van der Waals surface area (Å²) in [5.74, 6) is 0.937. The topological polar surface area (TPSA) is 71.0 Å². The lowest BCUT2D eigenvalue weighted by molar-refractivity contribution is -0.131. The maximum Gasteiger partial charge on any atom is 0.347 e. The van der Waals surface area contributed by atoms with E-state index in [9.17, 15) is 9.59 Å². The number of aromatic amines is 1. The number of likely N-dealkylation sites (tertiary alicyclic amines) is 1. The SMILES string of the molecule is O=C(Cc1ccccc1Cl)N1CCC(c2n[nH]c(=O)n2-c2ccccc2)CC1. The second-order valence-corrected chi connectivity index (χ2v) is 7.39. The van der Waals surface area contributed by atoms with E-state index in [0.29, 0.717) is 24.5 Å². The van der Waals surface area contributed by atoms with E-state index in [2.05, 4.69) is 10.2 Å². The molecule has 2 heterocycles. The van der Waals surface area contributed by atoms with Crippen molar-refractivity contribution in [1.82, 2.24) is 19.7 Å². The molecule has 0 aliphatic carbocycles. The van der Waals surface area contributed by atoms with E-state index in [1.807, 2.05) is 53.4 Å². The summed E-state index contributed by atoms with van der Waals surface area (Å²) in [6, 6.07) is 16.9. The summed E-state index contributed by atoms with van der Waals surface area (Å²) >= 11 is 6.17. The van der Waals surface area contributed by atoms with E-state index >= 15 is 0 Å². The van der Waals surface area contributed by atoms with Gasteiger partial charge in [-0.25, -0.2) is 14.5 Å². The first kappa shape index (κ1) is 18.5. The molecule has 1 saturated heterocycles. The molecule has 1 aliphatic rings. The van der Waals surface area contributed by atoms with Gasteiger partial charge < -0.3 is 4.90 Å². The molecule has 28 heavy (non-hydrogen) atoms. The van der Waals surface area contributed by atoms with Gasteiger partial charge in [0.25, 0.3) is 0 Å². The van der Waals surface area contributed by atoms with Crippen LogP contribution in [0, 0.1) is 0 Å². The molecule has 0 radical (unpaired) electrons. The van der Waals surface area contributed by atoms with Crippen LogP contribution in [0.5, 0.6) is 0 Å². The van der Waals surface area contributed by atoms with Crippen molar-refractivity contribution in [2.24, 2.45) is 0 Å². The zero-order valence-corrected chi connectivity index (χ0v) is 16.1. The second kappa shape index (κ2) is 8.02. The molecule has 7 heteroatoms. The van der Waals surface area contributed by atoms with Crippen molar-refractivity contribution in [3.8, 4) is 5.69 Å². The molecule has 0 bridgehead atoms. The number of hydrogen-bond donors (Lipinski definition) is 1. The van der Waals surface area contributed by atoms with Gasteiger partial charge in [0.1, 0.15) is 5.82 Å². The Morgan fingerprint density at radius 1 is 1.07 bits per heavy atom. The predicted molar refractivity (Wildman–Crippen MR) is 108 cm³/mol. The summed E-state index contributed by atoms with van der Waals surface area (Å²) in [5, 5.41) is 7.46. The first-order chi connectivity index (χ1) is 13.6. The van der Waals surface area contributed by atoms with Crippen LogP contribution in [0.25, 0.3) is 5.69 Å². The minimum Gasteiger partial charge on any atom is -0.342 e. The molecule has 0 saturated carbocycles. The number of para-hydroxylation sites is 1. The molecule has 3 aromatic rings. The van der Waals surface area contributed by atoms with Gasteiger partial charge in [0.2, 0.25) is 5.91 Å². The molecule has 1 N–H and O–H groups in total. The van der Waals surface area contributed by atoms with Crippen molar-refractivity contribution in [2.45, 2.75) is 25.2 Å². The Labute approximate surface area is 167 Å². The molecule has 4 rings (SSSR count). The van der Waals surface area contributed by atoms with Crippen molar-refractivity contribution >= 4 is 17.5 Å². The van der Waals surface area contributed by atoms with Gasteiger partial charge in [0, 0.05) is 24.0 Å². The summed E-state index contributed by atoms with van der Waals surface area (Å²) in [6.07, 6.45) is 1.85. The van der Waals surface area contributed by atoms with E-state index in [1.54, 1.807) is 10.6 Å². The lowest BCUT2D eigenvalue weighted by Crippen LogP contribution is -2.39. The number of carbonyl (C=O) groups excluding carboxylic acids is 1. The number of nitrogens with zero attached hydrogens (tertiary/aromatic N) is 3. The van der Waals surface area contributed by atoms with Gasteiger partial charge in [0.05, 0.1) is 12.1 Å². The van der Waals surface area contributed by atoms with Gasteiger partial charge in [-0.3, -0.25) is 4.79 Å². The van der Waals surface area contributed by atoms with Crippen molar-refractivity contribution < 1.29 is 4.79 Å². The summed E-state index contributed by atoms with van der Waals surface area (Å²) in [7, 11) is 0. The number of H-pyrrole nitrogens is 1. The van der Waals surface area contributed by atoms with Crippen LogP contribution in [0.15, 0.2) is 59.4 Å². The first-order valence-corrected chi connectivity index (χ1v) is 9.75. The van der Waals surface area contributed by atoms with E-state index in [-0.39, 0.29) is 17.5 Å². The lowest BCUT2D eigenvalue weighted by Gasteiger charge is -2.31. The fraction of sp³-hybridized carbons (Fsp3) is 0.286. The average Bonchev–Trinajstić information content (AvgIpc) is 3.12. The number of rotatable bonds is 4. The number of aromatic nitrogens is 3. The van der Waals surface area contributed by atoms with Crippen LogP contribution in [0.2, 0.25) is 5.02 Å². The van der Waals surface area contributed by atoms with Crippen molar-refractivity contribution in [2.75, 3.05) is 13.1 Å². The maximum atomic E-state index is 12.6. The van der Waals surface area contributed by atoms with Crippen LogP contribution >= 0.6 is 11.6 Å². The van der Waals surface area contributed by atoms with Gasteiger partial charge >= 0.3 is 5.69 Å². The van der Waals surface area contributed by atoms with E-state index in [0.717, 1.165) is 29.9 Å². The van der Waals surface area contributed by atoms with Gasteiger partial charge in [-0.05, 0) is 36.6 Å². The van der Waals surface area contributed by atoms with Crippen LogP contribution in [-0.2, 0) is 11.2 Å². The van der Waals surface area contributed by atoms with Crippen molar-refractivity contribution in [3.63, 3.8) is 0 Å². The fourth-order valence-corrected chi connectivity index (χ4v) is 3.92. The Morgan fingerprint density at radius 3 is 2.46 bits per heavy atom. The summed E-state index contributed by atoms with van der Waals surface area (Å²) < 4.78 is 1.63. The third-order valence-corrected chi connectivity index (χ3v) is 5.59. The molecular weight excluding hydrogens is 376 g/mol. The Balaban J connectivity index is 1.45. The lowest BCUT2D eigenvalue weighted by atomic mass is 9.95.